The van der Waals surface area contributed by atoms with Crippen molar-refractivity contribution in [3.63, 3.8) is 0 Å². The van der Waals surface area contributed by atoms with E-state index >= 15 is 0 Å². The van der Waals surface area contributed by atoms with Crippen LogP contribution < -0.4 is 0 Å². The Bertz CT molecular complexity index is 2430. The molecule has 0 radical (unpaired) electrons. The third kappa shape index (κ3) is 8.46. The fraction of sp³-hybridized carbons (Fsp3) is 0.381. The smallest absolute Gasteiger partial charge is 0.170 e. The summed E-state index contributed by atoms with van der Waals surface area (Å²) in [4.78, 5) is 27.8. The van der Waals surface area contributed by atoms with Gasteiger partial charge in [0.25, 0.3) is 0 Å². The fourth-order valence-corrected chi connectivity index (χ4v) is 7.95. The number of hydrogen-bond acceptors (Lipinski definition) is 22. The summed E-state index contributed by atoms with van der Waals surface area (Å²) in [6, 6.07) is 5.82. The quantitative estimate of drug-likeness (QED) is 0.0569. The van der Waals surface area contributed by atoms with Gasteiger partial charge in [-0.05, 0) is 53.8 Å². The van der Waals surface area contributed by atoms with Crippen LogP contribution in [0.1, 0.15) is 68.0 Å². The van der Waals surface area contributed by atoms with Crippen molar-refractivity contribution >= 4 is 11.6 Å². The van der Waals surface area contributed by atoms with E-state index in [1.165, 1.54) is 6.07 Å². The number of aryl methyl sites for hydroxylation is 2. The lowest BCUT2D eigenvalue weighted by molar-refractivity contribution is -0.232. The highest BCUT2D eigenvalue weighted by atomic mass is 16.6. The lowest BCUT2D eigenvalue weighted by Gasteiger charge is -2.40. The van der Waals surface area contributed by atoms with Crippen LogP contribution in [0, 0.1) is 0 Å². The molecule has 2 aliphatic rings. The number of rotatable bonds is 13. The van der Waals surface area contributed by atoms with Crippen molar-refractivity contribution in [1.29, 1.82) is 0 Å². The molecule has 2 saturated heterocycles. The molecule has 0 unspecified atom stereocenters. The first kappa shape index (κ1) is 47.3. The van der Waals surface area contributed by atoms with E-state index in [-0.39, 0.29) is 17.5 Å². The second kappa shape index (κ2) is 18.5. The second-order valence-corrected chi connectivity index (χ2v) is 15.4. The van der Waals surface area contributed by atoms with E-state index in [9.17, 15) is 102 Å². The number of phenols is 10. The number of ketones is 2. The molecule has 6 rings (SSSR count). The Hall–Kier alpha value is -6.18. The predicted molar refractivity (Wildman–Crippen MR) is 212 cm³/mol. The number of Topliss-reactive ketones (excluding diaryl/α,β-unsaturated/α-hetero) is 2. The molecule has 2 fully saturated rings. The van der Waals surface area contributed by atoms with Crippen LogP contribution in [-0.2, 0) is 22.3 Å². The first-order chi connectivity index (χ1) is 30.1. The first-order valence-corrected chi connectivity index (χ1v) is 19.5. The first-order valence-electron chi connectivity index (χ1n) is 19.5. The van der Waals surface area contributed by atoms with Crippen LogP contribution in [0.5, 0.6) is 57.5 Å². The molecule has 10 atom stereocenters. The zero-order valence-corrected chi connectivity index (χ0v) is 33.2. The normalized spacial score (nSPS) is 25.9. The van der Waals surface area contributed by atoms with Crippen molar-refractivity contribution in [1.82, 2.24) is 0 Å². The summed E-state index contributed by atoms with van der Waals surface area (Å²) in [7, 11) is 0. The molecule has 64 heavy (non-hydrogen) atoms. The summed E-state index contributed by atoms with van der Waals surface area (Å²) < 4.78 is 11.0. The third-order valence-electron chi connectivity index (χ3n) is 11.4. The highest BCUT2D eigenvalue weighted by Gasteiger charge is 2.48. The van der Waals surface area contributed by atoms with Gasteiger partial charge in [0.2, 0.25) is 0 Å². The number of benzene rings is 4. The molecule has 22 nitrogen and oxygen atoms in total. The average molecular weight is 903 g/mol. The van der Waals surface area contributed by atoms with E-state index in [0.717, 1.165) is 24.3 Å². The number of aromatic hydroxyl groups is 10. The standard InChI is InChI=1S/C42H46O22/c43-11-24-31(53)37(59)39(61)41(63-24)29-23(52)10-22(51)27(35(29)57)17(46)6-3-14-8-20(49)21(50)9-15(14)26-33(55)28(18(47)5-2-13-1-4-16(45)19(48)7-13)36(58)30(34(26)56)42-40(62)38(60)32(54)25(12-44)64-42/h1,4,7-10,24-25,31-32,37-45,48-62H,2-3,5-6,11-12H2/t24-,25-,31-,32-,37+,38+,39-,40-,41+,42+/m1/s1. The number of aliphatic hydroxyl groups is 8. The van der Waals surface area contributed by atoms with Crippen molar-refractivity contribution in [3.8, 4) is 68.6 Å². The number of ether oxygens (including phenoxy) is 2. The maximum atomic E-state index is 13.9. The van der Waals surface area contributed by atoms with Crippen molar-refractivity contribution < 1.29 is 111 Å². The molecule has 0 saturated carbocycles. The minimum Gasteiger partial charge on any atom is -0.507 e. The Morgan fingerprint density at radius 2 is 0.969 bits per heavy atom. The molecule has 346 valence electrons. The average Bonchev–Trinajstić information content (AvgIpc) is 3.24. The van der Waals surface area contributed by atoms with E-state index < -0.39 is 196 Å². The van der Waals surface area contributed by atoms with Crippen LogP contribution in [0.15, 0.2) is 36.4 Å². The number of phenolic OH excluding ortho intramolecular Hbond substituents is 10. The van der Waals surface area contributed by atoms with Crippen LogP contribution in [0.3, 0.4) is 0 Å². The molecule has 2 aliphatic heterocycles. The minimum atomic E-state index is -2.20. The number of carbonyl (C=O) groups excluding carboxylic acids is 2. The van der Waals surface area contributed by atoms with Crippen molar-refractivity contribution in [3.05, 3.63) is 69.8 Å². The van der Waals surface area contributed by atoms with E-state index in [1.807, 2.05) is 0 Å². The molecule has 0 spiro atoms. The van der Waals surface area contributed by atoms with Crippen molar-refractivity contribution in [2.75, 3.05) is 13.2 Å². The fourth-order valence-electron chi connectivity index (χ4n) is 7.95. The molecular formula is C42H46O22. The highest BCUT2D eigenvalue weighted by Crippen LogP contribution is 2.54. The molecule has 4 aromatic carbocycles. The van der Waals surface area contributed by atoms with Crippen molar-refractivity contribution in [2.45, 2.75) is 86.7 Å². The van der Waals surface area contributed by atoms with Gasteiger partial charge in [0.1, 0.15) is 107 Å². The molecule has 22 heteroatoms. The van der Waals surface area contributed by atoms with Gasteiger partial charge in [-0.2, -0.15) is 0 Å². The Kier molecular flexibility index (Phi) is 13.7. The Morgan fingerprint density at radius 3 is 1.53 bits per heavy atom. The third-order valence-corrected chi connectivity index (χ3v) is 11.4. The van der Waals surface area contributed by atoms with E-state index in [4.69, 9.17) is 9.47 Å². The van der Waals surface area contributed by atoms with Gasteiger partial charge in [0.05, 0.1) is 29.9 Å². The lowest BCUT2D eigenvalue weighted by Crippen LogP contribution is -2.55. The molecule has 0 bridgehead atoms. The van der Waals surface area contributed by atoms with Gasteiger partial charge < -0.3 is 101 Å². The zero-order valence-electron chi connectivity index (χ0n) is 33.2. The van der Waals surface area contributed by atoms with Crippen LogP contribution in [0.4, 0.5) is 0 Å². The number of carbonyl (C=O) groups is 2. The zero-order chi connectivity index (χ0) is 47.2. The molecule has 0 aromatic heterocycles. The predicted octanol–water partition coefficient (Wildman–Crippen LogP) is -0.930. The van der Waals surface area contributed by atoms with Crippen LogP contribution in [-0.4, -0.2) is 166 Å². The van der Waals surface area contributed by atoms with Crippen molar-refractivity contribution in [2.24, 2.45) is 0 Å². The minimum absolute atomic E-state index is 0.195. The summed E-state index contributed by atoms with van der Waals surface area (Å²) in [5, 5.41) is 192. The Balaban J connectivity index is 1.45. The maximum Gasteiger partial charge on any atom is 0.170 e. The molecular weight excluding hydrogens is 856 g/mol. The van der Waals surface area contributed by atoms with Gasteiger partial charge in [-0.15, -0.1) is 0 Å². The summed E-state index contributed by atoms with van der Waals surface area (Å²) in [6.07, 6.45) is -21.3. The molecule has 18 N–H and O–H groups in total. The monoisotopic (exact) mass is 902 g/mol. The van der Waals surface area contributed by atoms with Gasteiger partial charge in [-0.1, -0.05) is 6.07 Å². The van der Waals surface area contributed by atoms with Gasteiger partial charge in [-0.3, -0.25) is 9.59 Å². The summed E-state index contributed by atoms with van der Waals surface area (Å²) in [5.74, 6) is -11.6. The van der Waals surface area contributed by atoms with Gasteiger partial charge in [0, 0.05) is 18.9 Å². The molecule has 4 aromatic rings. The molecule has 0 amide bonds. The summed E-state index contributed by atoms with van der Waals surface area (Å²) in [6.45, 7) is -1.87. The molecule has 0 aliphatic carbocycles. The van der Waals surface area contributed by atoms with Gasteiger partial charge >= 0.3 is 0 Å². The van der Waals surface area contributed by atoms with E-state index in [0.29, 0.717) is 6.07 Å². The van der Waals surface area contributed by atoms with Gasteiger partial charge in [0.15, 0.2) is 34.6 Å². The van der Waals surface area contributed by atoms with E-state index in [2.05, 4.69) is 0 Å². The number of hydrogen-bond donors (Lipinski definition) is 18. The van der Waals surface area contributed by atoms with Crippen LogP contribution >= 0.6 is 0 Å². The second-order valence-electron chi connectivity index (χ2n) is 15.4. The SMILES string of the molecule is O=C(CCc1cc(O)c(O)cc1-c1c(O)c(C(=O)CCc2ccc(O)c(O)c2)c(O)c([C@@H]2O[C@H](CO)[C@@H](O)[C@H](O)[C@H]2O)c1O)c1c(O)cc(O)c([C@@H]2O[C@H](CO)[C@@H](O)[C@H](O)[C@H]2O)c1O. The Morgan fingerprint density at radius 1 is 0.469 bits per heavy atom. The largest absolute Gasteiger partial charge is 0.507 e. The van der Waals surface area contributed by atoms with Gasteiger partial charge in [-0.25, -0.2) is 0 Å². The maximum absolute atomic E-state index is 13.9. The molecule has 2 heterocycles. The number of aliphatic hydroxyl groups excluding tert-OH is 8. The summed E-state index contributed by atoms with van der Waals surface area (Å²) >= 11 is 0. The lowest BCUT2D eigenvalue weighted by atomic mass is 9.84. The Labute approximate surface area is 360 Å². The van der Waals surface area contributed by atoms with E-state index in [1.54, 1.807) is 0 Å². The highest BCUT2D eigenvalue weighted by molar-refractivity contribution is 6.06. The topological polar surface area (TPSA) is 417 Å². The van der Waals surface area contributed by atoms with Crippen LogP contribution in [0.25, 0.3) is 11.1 Å². The van der Waals surface area contributed by atoms with Crippen LogP contribution in [0.2, 0.25) is 0 Å². The summed E-state index contributed by atoms with van der Waals surface area (Å²) in [5.41, 5.74) is -4.69.